The molecule has 1 aromatic heterocycles. The highest BCUT2D eigenvalue weighted by Gasteiger charge is 2.35. The van der Waals surface area contributed by atoms with Gasteiger partial charge in [-0.1, -0.05) is 13.8 Å². The van der Waals surface area contributed by atoms with E-state index in [-0.39, 0.29) is 5.91 Å². The van der Waals surface area contributed by atoms with Crippen molar-refractivity contribution in [2.75, 3.05) is 6.54 Å². The van der Waals surface area contributed by atoms with Gasteiger partial charge in [-0.05, 0) is 53.6 Å². The van der Waals surface area contributed by atoms with E-state index in [0.717, 1.165) is 29.6 Å². The van der Waals surface area contributed by atoms with Crippen molar-refractivity contribution in [2.24, 2.45) is 5.92 Å². The summed E-state index contributed by atoms with van der Waals surface area (Å²) in [5.74, 6) is 0.757. The second kappa shape index (κ2) is 4.97. The summed E-state index contributed by atoms with van der Waals surface area (Å²) in [7, 11) is 0. The van der Waals surface area contributed by atoms with Gasteiger partial charge < -0.3 is 9.47 Å². The molecular weight excluding hydrogens is 304 g/mol. The number of nitrogens with zero attached hydrogens (tertiary/aromatic N) is 2. The van der Waals surface area contributed by atoms with Crippen molar-refractivity contribution in [1.82, 2.24) is 9.47 Å². The Hall–Kier alpha value is -0.770. The molecule has 1 aliphatic carbocycles. The van der Waals surface area contributed by atoms with Crippen LogP contribution in [0.3, 0.4) is 0 Å². The van der Waals surface area contributed by atoms with Gasteiger partial charge in [0.05, 0.1) is 0 Å². The normalized spacial score (nSPS) is 23.4. The predicted octanol–water partition coefficient (Wildman–Crippen LogP) is 3.85. The van der Waals surface area contributed by atoms with Crippen LogP contribution in [0, 0.1) is 5.92 Å². The number of carbonyl (C=O) groups excluding carboxylic acids is 1. The van der Waals surface area contributed by atoms with Crippen LogP contribution in [0.2, 0.25) is 0 Å². The molecule has 1 saturated carbocycles. The Morgan fingerprint density at radius 2 is 2.11 bits per heavy atom. The average Bonchev–Trinajstić information content (AvgIpc) is 2.95. The summed E-state index contributed by atoms with van der Waals surface area (Å²) in [5.41, 5.74) is 0.863. The van der Waals surface area contributed by atoms with Crippen molar-refractivity contribution < 1.29 is 4.79 Å². The fourth-order valence-electron chi connectivity index (χ4n) is 3.16. The molecule has 2 aliphatic rings. The third kappa shape index (κ3) is 2.47. The number of rotatable bonds is 3. The first-order valence-corrected chi connectivity index (χ1v) is 8.05. The average molecular weight is 325 g/mol. The van der Waals surface area contributed by atoms with E-state index in [4.69, 9.17) is 0 Å². The summed E-state index contributed by atoms with van der Waals surface area (Å²) in [4.78, 5) is 14.9. The molecule has 0 aromatic carbocycles. The second-order valence-corrected chi connectivity index (χ2v) is 7.05. The number of aromatic nitrogens is 1. The van der Waals surface area contributed by atoms with Crippen molar-refractivity contribution in [3.63, 3.8) is 0 Å². The lowest BCUT2D eigenvalue weighted by atomic mass is 10.0. The van der Waals surface area contributed by atoms with Crippen LogP contribution in [-0.4, -0.2) is 28.0 Å². The minimum absolute atomic E-state index is 0.216. The van der Waals surface area contributed by atoms with Gasteiger partial charge in [0.25, 0.3) is 5.91 Å². The standard InChI is InChI=1S/C15H21BrN2O/c1-10(2)13-4-3-7-17(13)15(19)14-8-11(16)9-18(14)12-5-6-12/h8-10,12-13H,3-7H2,1-2H3. The van der Waals surface area contributed by atoms with Gasteiger partial charge in [-0.2, -0.15) is 0 Å². The van der Waals surface area contributed by atoms with E-state index in [2.05, 4.69) is 45.4 Å². The van der Waals surface area contributed by atoms with E-state index in [1.165, 1.54) is 12.8 Å². The fourth-order valence-corrected chi connectivity index (χ4v) is 3.59. The number of amides is 1. The molecule has 1 aliphatic heterocycles. The first kappa shape index (κ1) is 13.2. The van der Waals surface area contributed by atoms with Gasteiger partial charge in [-0.25, -0.2) is 0 Å². The Bertz CT molecular complexity index is 490. The van der Waals surface area contributed by atoms with Gasteiger partial charge in [0, 0.05) is 29.3 Å². The minimum atomic E-state index is 0.216. The summed E-state index contributed by atoms with van der Waals surface area (Å²) in [6.45, 7) is 5.34. The van der Waals surface area contributed by atoms with Crippen molar-refractivity contribution in [1.29, 1.82) is 0 Å². The van der Waals surface area contributed by atoms with E-state index in [0.29, 0.717) is 18.0 Å². The molecule has 2 fully saturated rings. The van der Waals surface area contributed by atoms with Crippen LogP contribution in [0.1, 0.15) is 56.1 Å². The maximum atomic E-state index is 12.8. The molecule has 0 N–H and O–H groups in total. The van der Waals surface area contributed by atoms with Crippen LogP contribution in [0.25, 0.3) is 0 Å². The molecule has 104 valence electrons. The van der Waals surface area contributed by atoms with Gasteiger partial charge >= 0.3 is 0 Å². The molecule has 0 radical (unpaired) electrons. The zero-order chi connectivity index (χ0) is 13.6. The zero-order valence-electron chi connectivity index (χ0n) is 11.6. The van der Waals surface area contributed by atoms with Crippen LogP contribution in [0.5, 0.6) is 0 Å². The molecule has 2 heterocycles. The Morgan fingerprint density at radius 3 is 2.74 bits per heavy atom. The van der Waals surface area contributed by atoms with E-state index < -0.39 is 0 Å². The molecule has 1 atom stereocenters. The molecule has 1 saturated heterocycles. The first-order valence-electron chi connectivity index (χ1n) is 7.26. The van der Waals surface area contributed by atoms with E-state index >= 15 is 0 Å². The van der Waals surface area contributed by atoms with E-state index in [9.17, 15) is 4.79 Å². The number of hydrogen-bond donors (Lipinski definition) is 0. The highest BCUT2D eigenvalue weighted by atomic mass is 79.9. The van der Waals surface area contributed by atoms with Gasteiger partial charge in [0.15, 0.2) is 0 Å². The van der Waals surface area contributed by atoms with E-state index in [1.54, 1.807) is 0 Å². The summed E-state index contributed by atoms with van der Waals surface area (Å²) in [6.07, 6.45) is 6.75. The van der Waals surface area contributed by atoms with Crippen LogP contribution < -0.4 is 0 Å². The summed E-state index contributed by atoms with van der Waals surface area (Å²) >= 11 is 3.51. The lowest BCUT2D eigenvalue weighted by Crippen LogP contribution is -2.39. The third-order valence-corrected chi connectivity index (χ3v) is 4.74. The maximum absolute atomic E-state index is 12.8. The molecular formula is C15H21BrN2O. The van der Waals surface area contributed by atoms with Crippen LogP contribution in [-0.2, 0) is 0 Å². The number of carbonyl (C=O) groups is 1. The van der Waals surface area contributed by atoms with Crippen molar-refractivity contribution in [3.8, 4) is 0 Å². The quantitative estimate of drug-likeness (QED) is 0.829. The zero-order valence-corrected chi connectivity index (χ0v) is 13.2. The molecule has 4 heteroatoms. The van der Waals surface area contributed by atoms with Gasteiger partial charge in [-0.3, -0.25) is 4.79 Å². The maximum Gasteiger partial charge on any atom is 0.270 e. The number of halogens is 1. The SMILES string of the molecule is CC(C)C1CCCN1C(=O)c1cc(Br)cn1C1CC1. The first-order chi connectivity index (χ1) is 9.08. The Morgan fingerprint density at radius 1 is 1.37 bits per heavy atom. The lowest BCUT2D eigenvalue weighted by Gasteiger charge is -2.28. The summed E-state index contributed by atoms with van der Waals surface area (Å²) in [6, 6.07) is 2.94. The largest absolute Gasteiger partial charge is 0.339 e. The van der Waals surface area contributed by atoms with Crippen LogP contribution in [0.4, 0.5) is 0 Å². The second-order valence-electron chi connectivity index (χ2n) is 6.13. The topological polar surface area (TPSA) is 25.2 Å². The highest BCUT2D eigenvalue weighted by molar-refractivity contribution is 9.10. The Labute approximate surface area is 123 Å². The summed E-state index contributed by atoms with van der Waals surface area (Å²) < 4.78 is 3.19. The third-order valence-electron chi connectivity index (χ3n) is 4.30. The molecule has 1 amide bonds. The minimum Gasteiger partial charge on any atom is -0.339 e. The van der Waals surface area contributed by atoms with Gasteiger partial charge in [0.1, 0.15) is 5.69 Å². The van der Waals surface area contributed by atoms with E-state index in [1.807, 2.05) is 6.07 Å². The van der Waals surface area contributed by atoms with Crippen LogP contribution >= 0.6 is 15.9 Å². The smallest absolute Gasteiger partial charge is 0.270 e. The number of likely N-dealkylation sites (tertiary alicyclic amines) is 1. The van der Waals surface area contributed by atoms with Gasteiger partial charge in [0.2, 0.25) is 0 Å². The van der Waals surface area contributed by atoms with Crippen molar-refractivity contribution in [2.45, 2.75) is 51.6 Å². The molecule has 0 spiro atoms. The monoisotopic (exact) mass is 324 g/mol. The summed E-state index contributed by atoms with van der Waals surface area (Å²) in [5, 5.41) is 0. The Kier molecular flexibility index (Phi) is 3.46. The Balaban J connectivity index is 1.87. The van der Waals surface area contributed by atoms with Crippen molar-refractivity contribution >= 4 is 21.8 Å². The lowest BCUT2D eigenvalue weighted by molar-refractivity contribution is 0.0690. The number of hydrogen-bond acceptors (Lipinski definition) is 1. The van der Waals surface area contributed by atoms with Gasteiger partial charge in [-0.15, -0.1) is 0 Å². The fraction of sp³-hybridized carbons (Fsp3) is 0.667. The molecule has 1 aromatic rings. The molecule has 19 heavy (non-hydrogen) atoms. The molecule has 3 rings (SSSR count). The van der Waals surface area contributed by atoms with Crippen molar-refractivity contribution in [3.05, 3.63) is 22.4 Å². The highest BCUT2D eigenvalue weighted by Crippen LogP contribution is 2.38. The molecule has 1 unspecified atom stereocenters. The molecule has 3 nitrogen and oxygen atoms in total. The van der Waals surface area contributed by atoms with Crippen LogP contribution in [0.15, 0.2) is 16.7 Å². The molecule has 0 bridgehead atoms. The predicted molar refractivity (Wildman–Crippen MR) is 79.3 cm³/mol.